The summed E-state index contributed by atoms with van der Waals surface area (Å²) in [6.07, 6.45) is 0.418. The van der Waals surface area contributed by atoms with Crippen molar-refractivity contribution in [2.24, 2.45) is 11.1 Å². The molecule has 1 aliphatic carbocycles. The summed E-state index contributed by atoms with van der Waals surface area (Å²) in [7, 11) is -3.63. The first kappa shape index (κ1) is 14.9. The Bertz CT molecular complexity index is 634. The maximum absolute atomic E-state index is 13.5. The van der Waals surface area contributed by atoms with Gasteiger partial charge in [-0.2, -0.15) is 0 Å². The van der Waals surface area contributed by atoms with E-state index in [0.717, 1.165) is 6.07 Å². The highest BCUT2D eigenvalue weighted by Crippen LogP contribution is 2.48. The Labute approximate surface area is 115 Å². The third kappa shape index (κ3) is 3.51. The molecule has 5 nitrogen and oxygen atoms in total. The van der Waals surface area contributed by atoms with E-state index in [9.17, 15) is 22.0 Å². The molecule has 0 saturated heterocycles. The summed E-state index contributed by atoms with van der Waals surface area (Å²) in [5.74, 6) is -3.42. The van der Waals surface area contributed by atoms with E-state index in [2.05, 4.69) is 5.32 Å². The Morgan fingerprint density at radius 2 is 2.10 bits per heavy atom. The SMILES string of the molecule is NS(=O)(=O)CCNC(=O)C1CC1c1cccc(F)c1F. The number of primary sulfonamides is 1. The summed E-state index contributed by atoms with van der Waals surface area (Å²) in [5, 5.41) is 7.22. The van der Waals surface area contributed by atoms with E-state index in [1.54, 1.807) is 0 Å². The van der Waals surface area contributed by atoms with Gasteiger partial charge >= 0.3 is 0 Å². The maximum Gasteiger partial charge on any atom is 0.223 e. The van der Waals surface area contributed by atoms with Crippen LogP contribution in [0.15, 0.2) is 18.2 Å². The smallest absolute Gasteiger partial charge is 0.223 e. The molecule has 1 amide bonds. The molecule has 0 aliphatic heterocycles. The van der Waals surface area contributed by atoms with Gasteiger partial charge in [0.2, 0.25) is 15.9 Å². The van der Waals surface area contributed by atoms with Crippen molar-refractivity contribution >= 4 is 15.9 Å². The van der Waals surface area contributed by atoms with Gasteiger partial charge in [-0.3, -0.25) is 4.79 Å². The monoisotopic (exact) mass is 304 g/mol. The molecule has 0 aromatic heterocycles. The summed E-state index contributed by atoms with van der Waals surface area (Å²) in [5.41, 5.74) is 0.177. The molecule has 1 saturated carbocycles. The molecule has 0 spiro atoms. The molecule has 20 heavy (non-hydrogen) atoms. The van der Waals surface area contributed by atoms with Crippen LogP contribution in [0.3, 0.4) is 0 Å². The zero-order valence-corrected chi connectivity index (χ0v) is 11.3. The van der Waals surface area contributed by atoms with Crippen molar-refractivity contribution in [1.82, 2.24) is 5.32 Å². The first-order valence-electron chi connectivity index (χ1n) is 6.01. The number of benzene rings is 1. The fourth-order valence-corrected chi connectivity index (χ4v) is 2.47. The third-order valence-corrected chi connectivity index (χ3v) is 3.97. The fraction of sp³-hybridized carbons (Fsp3) is 0.417. The van der Waals surface area contributed by atoms with Crippen molar-refractivity contribution in [2.75, 3.05) is 12.3 Å². The summed E-state index contributed by atoms with van der Waals surface area (Å²) < 4.78 is 48.0. The van der Waals surface area contributed by atoms with Crippen LogP contribution in [-0.4, -0.2) is 26.6 Å². The van der Waals surface area contributed by atoms with Crippen LogP contribution < -0.4 is 10.5 Å². The van der Waals surface area contributed by atoms with E-state index in [1.165, 1.54) is 12.1 Å². The van der Waals surface area contributed by atoms with Gasteiger partial charge in [-0.1, -0.05) is 12.1 Å². The first-order chi connectivity index (χ1) is 9.29. The van der Waals surface area contributed by atoms with Gasteiger partial charge in [-0.25, -0.2) is 22.3 Å². The summed E-state index contributed by atoms with van der Waals surface area (Å²) >= 11 is 0. The van der Waals surface area contributed by atoms with E-state index in [0.29, 0.717) is 6.42 Å². The Balaban J connectivity index is 1.91. The quantitative estimate of drug-likeness (QED) is 0.829. The Morgan fingerprint density at radius 1 is 1.40 bits per heavy atom. The number of carbonyl (C=O) groups excluding carboxylic acids is 1. The number of amides is 1. The van der Waals surface area contributed by atoms with Gasteiger partial charge in [0.1, 0.15) is 0 Å². The van der Waals surface area contributed by atoms with Crippen LogP contribution in [0.2, 0.25) is 0 Å². The zero-order valence-electron chi connectivity index (χ0n) is 10.5. The zero-order chi connectivity index (χ0) is 14.9. The molecule has 0 bridgehead atoms. The lowest BCUT2D eigenvalue weighted by Gasteiger charge is -2.05. The highest BCUT2D eigenvalue weighted by atomic mass is 32.2. The summed E-state index contributed by atoms with van der Waals surface area (Å²) in [4.78, 5) is 11.7. The lowest BCUT2D eigenvalue weighted by Crippen LogP contribution is -2.32. The number of nitrogens with two attached hydrogens (primary N) is 1. The van der Waals surface area contributed by atoms with E-state index >= 15 is 0 Å². The number of sulfonamides is 1. The van der Waals surface area contributed by atoms with Crippen LogP contribution >= 0.6 is 0 Å². The van der Waals surface area contributed by atoms with Gasteiger partial charge < -0.3 is 5.32 Å². The molecule has 0 heterocycles. The second-order valence-corrected chi connectivity index (χ2v) is 6.48. The molecular weight excluding hydrogens is 290 g/mol. The average Bonchev–Trinajstić information content (AvgIpc) is 3.11. The lowest BCUT2D eigenvalue weighted by molar-refractivity contribution is -0.122. The second kappa shape index (κ2) is 5.45. The standard InChI is InChI=1S/C12H14F2N2O3S/c13-10-3-1-2-7(11(10)14)8-6-9(8)12(17)16-4-5-20(15,18)19/h1-3,8-9H,4-6H2,(H,16,17)(H2,15,18,19). The van der Waals surface area contributed by atoms with Crippen LogP contribution in [0.4, 0.5) is 8.78 Å². The predicted octanol–water partition coefficient (Wildman–Crippen LogP) is 0.473. The fourth-order valence-electron chi connectivity index (χ4n) is 2.08. The van der Waals surface area contributed by atoms with Crippen molar-refractivity contribution in [3.63, 3.8) is 0 Å². The van der Waals surface area contributed by atoms with Crippen molar-refractivity contribution in [2.45, 2.75) is 12.3 Å². The minimum atomic E-state index is -3.63. The number of nitrogens with one attached hydrogen (secondary N) is 1. The Kier molecular flexibility index (Phi) is 4.05. The Hall–Kier alpha value is -1.54. The lowest BCUT2D eigenvalue weighted by atomic mass is 10.1. The molecule has 1 fully saturated rings. The number of carbonyl (C=O) groups is 1. The van der Waals surface area contributed by atoms with E-state index in [4.69, 9.17) is 5.14 Å². The van der Waals surface area contributed by atoms with Gasteiger partial charge in [-0.15, -0.1) is 0 Å². The van der Waals surface area contributed by atoms with Crippen LogP contribution in [0.1, 0.15) is 17.9 Å². The molecule has 1 aromatic rings. The summed E-state index contributed by atoms with van der Waals surface area (Å²) in [6.45, 7) is -0.0908. The molecule has 1 aliphatic rings. The van der Waals surface area contributed by atoms with Gasteiger partial charge in [0.05, 0.1) is 5.75 Å². The third-order valence-electron chi connectivity index (χ3n) is 3.19. The number of hydrogen-bond donors (Lipinski definition) is 2. The molecule has 3 N–H and O–H groups in total. The molecular formula is C12H14F2N2O3S. The van der Waals surface area contributed by atoms with Gasteiger partial charge in [0, 0.05) is 12.5 Å². The molecule has 8 heteroatoms. The average molecular weight is 304 g/mol. The molecule has 1 aromatic carbocycles. The van der Waals surface area contributed by atoms with Crippen molar-refractivity contribution < 1.29 is 22.0 Å². The minimum absolute atomic E-state index is 0.0908. The van der Waals surface area contributed by atoms with Gasteiger partial charge in [-0.05, 0) is 24.0 Å². The van der Waals surface area contributed by atoms with Crippen LogP contribution in [0.25, 0.3) is 0 Å². The van der Waals surface area contributed by atoms with Crippen LogP contribution in [0, 0.1) is 17.6 Å². The molecule has 110 valence electrons. The second-order valence-electron chi connectivity index (χ2n) is 4.75. The van der Waals surface area contributed by atoms with E-state index in [-0.39, 0.29) is 29.7 Å². The summed E-state index contributed by atoms with van der Waals surface area (Å²) in [6, 6.07) is 3.85. The van der Waals surface area contributed by atoms with E-state index < -0.39 is 27.6 Å². The topological polar surface area (TPSA) is 89.3 Å². The normalized spacial score (nSPS) is 21.6. The minimum Gasteiger partial charge on any atom is -0.355 e. The number of rotatable bonds is 5. The van der Waals surface area contributed by atoms with Gasteiger partial charge in [0.15, 0.2) is 11.6 Å². The van der Waals surface area contributed by atoms with Crippen molar-refractivity contribution in [3.05, 3.63) is 35.4 Å². The van der Waals surface area contributed by atoms with Crippen LogP contribution in [0.5, 0.6) is 0 Å². The van der Waals surface area contributed by atoms with Crippen molar-refractivity contribution in [3.8, 4) is 0 Å². The predicted molar refractivity (Wildman–Crippen MR) is 68.2 cm³/mol. The largest absolute Gasteiger partial charge is 0.355 e. The first-order valence-corrected chi connectivity index (χ1v) is 7.73. The molecule has 2 atom stereocenters. The van der Waals surface area contributed by atoms with Crippen LogP contribution in [-0.2, 0) is 14.8 Å². The molecule has 0 radical (unpaired) electrons. The molecule has 2 rings (SSSR count). The van der Waals surface area contributed by atoms with Crippen molar-refractivity contribution in [1.29, 1.82) is 0 Å². The number of halogens is 2. The number of hydrogen-bond acceptors (Lipinski definition) is 3. The van der Waals surface area contributed by atoms with Gasteiger partial charge in [0.25, 0.3) is 0 Å². The van der Waals surface area contributed by atoms with E-state index in [1.807, 2.05) is 0 Å². The maximum atomic E-state index is 13.5. The highest BCUT2D eigenvalue weighted by Gasteiger charge is 2.45. The Morgan fingerprint density at radius 3 is 2.75 bits per heavy atom. The highest BCUT2D eigenvalue weighted by molar-refractivity contribution is 7.89. The molecule has 2 unspecified atom stereocenters.